The van der Waals surface area contributed by atoms with Crippen LogP contribution in [0.25, 0.3) is 0 Å². The lowest BCUT2D eigenvalue weighted by atomic mass is 10.2. The second-order valence-corrected chi connectivity index (χ2v) is 3.81. The quantitative estimate of drug-likeness (QED) is 0.292. The number of hydrogen-bond donors (Lipinski definition) is 2. The molecule has 0 radical (unpaired) electrons. The number of amidine groups is 1. The topological polar surface area (TPSA) is 124 Å². The van der Waals surface area contributed by atoms with E-state index in [0.29, 0.717) is 0 Å². The molecule has 0 fully saturated rings. The molecule has 21 heavy (non-hydrogen) atoms. The molecule has 2 rings (SSSR count). The van der Waals surface area contributed by atoms with Crippen molar-refractivity contribution in [2.75, 3.05) is 0 Å². The van der Waals surface area contributed by atoms with Crippen LogP contribution in [-0.4, -0.2) is 21.0 Å². The van der Waals surface area contributed by atoms with Gasteiger partial charge in [-0.05, 0) is 18.2 Å². The number of aromatic nitrogens is 1. The Bertz CT molecular complexity index is 720. The number of nitrogens with two attached hydrogens (primary N) is 1. The van der Waals surface area contributed by atoms with Crippen molar-refractivity contribution >= 4 is 11.5 Å². The molecule has 0 saturated carbocycles. The first-order valence-electron chi connectivity index (χ1n) is 5.57. The summed E-state index contributed by atoms with van der Waals surface area (Å²) in [6.07, 6.45) is 1.39. The first-order chi connectivity index (χ1) is 10.0. The zero-order valence-corrected chi connectivity index (χ0v) is 10.4. The summed E-state index contributed by atoms with van der Waals surface area (Å²) in [6.45, 7) is 0. The van der Waals surface area contributed by atoms with E-state index in [1.807, 2.05) is 0 Å². The van der Waals surface area contributed by atoms with Gasteiger partial charge in [-0.2, -0.15) is 4.39 Å². The monoisotopic (exact) mass is 292 g/mol. The maximum atomic E-state index is 13.5. The maximum absolute atomic E-state index is 13.5. The van der Waals surface area contributed by atoms with Crippen LogP contribution in [0.15, 0.2) is 41.7 Å². The molecule has 2 aromatic rings. The lowest BCUT2D eigenvalue weighted by Gasteiger charge is -2.08. The normalized spacial score (nSPS) is 11.2. The average Bonchev–Trinajstić information content (AvgIpc) is 2.46. The van der Waals surface area contributed by atoms with Gasteiger partial charge in [0.15, 0.2) is 5.84 Å². The van der Waals surface area contributed by atoms with Crippen molar-refractivity contribution in [2.45, 2.75) is 0 Å². The van der Waals surface area contributed by atoms with Gasteiger partial charge in [-0.25, -0.2) is 4.98 Å². The van der Waals surface area contributed by atoms with Crippen LogP contribution in [0.1, 0.15) is 5.56 Å². The molecular weight excluding hydrogens is 283 g/mol. The second kappa shape index (κ2) is 5.82. The minimum absolute atomic E-state index is 0.0104. The molecule has 3 N–H and O–H groups in total. The van der Waals surface area contributed by atoms with E-state index in [1.54, 1.807) is 0 Å². The number of rotatable bonds is 4. The van der Waals surface area contributed by atoms with Gasteiger partial charge in [0, 0.05) is 18.3 Å². The highest BCUT2D eigenvalue weighted by molar-refractivity contribution is 5.99. The van der Waals surface area contributed by atoms with E-state index >= 15 is 0 Å². The summed E-state index contributed by atoms with van der Waals surface area (Å²) in [5, 5.41) is 22.0. The number of nitrogens with zero attached hydrogens (tertiary/aromatic N) is 3. The number of nitro groups is 1. The largest absolute Gasteiger partial charge is 0.438 e. The van der Waals surface area contributed by atoms with Crippen molar-refractivity contribution in [2.24, 2.45) is 10.9 Å². The Hall–Kier alpha value is -3.23. The second-order valence-electron chi connectivity index (χ2n) is 3.81. The Morgan fingerprint density at radius 2 is 2.24 bits per heavy atom. The van der Waals surface area contributed by atoms with Crippen molar-refractivity contribution in [3.05, 3.63) is 58.0 Å². The summed E-state index contributed by atoms with van der Waals surface area (Å²) in [5.41, 5.74) is 4.99. The molecule has 0 unspecified atom stereocenters. The fourth-order valence-electron chi connectivity index (χ4n) is 1.53. The highest BCUT2D eigenvalue weighted by atomic mass is 19.1. The van der Waals surface area contributed by atoms with Gasteiger partial charge in [-0.3, -0.25) is 10.1 Å². The average molecular weight is 292 g/mol. The molecule has 9 heteroatoms. The smallest absolute Gasteiger partial charge is 0.305 e. The highest BCUT2D eigenvalue weighted by Crippen LogP contribution is 2.27. The molecule has 1 heterocycles. The van der Waals surface area contributed by atoms with Crippen LogP contribution in [0.5, 0.6) is 11.6 Å². The summed E-state index contributed by atoms with van der Waals surface area (Å²) in [7, 11) is 0. The number of hydrogen-bond acceptors (Lipinski definition) is 6. The molecule has 0 atom stereocenters. The number of oxime groups is 1. The van der Waals surface area contributed by atoms with E-state index < -0.39 is 16.4 Å². The van der Waals surface area contributed by atoms with Crippen LogP contribution in [0.3, 0.4) is 0 Å². The number of pyridine rings is 1. The van der Waals surface area contributed by atoms with E-state index in [4.69, 9.17) is 15.7 Å². The lowest BCUT2D eigenvalue weighted by Crippen LogP contribution is -2.14. The minimum atomic E-state index is -1.04. The first kappa shape index (κ1) is 14.2. The van der Waals surface area contributed by atoms with Crippen LogP contribution in [-0.2, 0) is 0 Å². The van der Waals surface area contributed by atoms with Crippen LogP contribution >= 0.6 is 0 Å². The predicted octanol–water partition coefficient (Wildman–Crippen LogP) is 2.02. The molecule has 0 amide bonds. The first-order valence-corrected chi connectivity index (χ1v) is 5.57. The molecule has 1 aromatic heterocycles. The third-order valence-corrected chi connectivity index (χ3v) is 2.49. The van der Waals surface area contributed by atoms with Crippen molar-refractivity contribution in [1.29, 1.82) is 0 Å². The Labute approximate surface area is 117 Å². The summed E-state index contributed by atoms with van der Waals surface area (Å²) in [4.78, 5) is 13.6. The maximum Gasteiger partial charge on any atom is 0.305 e. The fraction of sp³-hybridized carbons (Fsp3) is 0. The molecule has 0 aliphatic carbocycles. The molecule has 0 spiro atoms. The SMILES string of the molecule is NC(=NO)c1cccnc1Oc1ccc([N+](=O)[O-])c(F)c1. The molecule has 8 nitrogen and oxygen atoms in total. The Morgan fingerprint density at radius 3 is 2.86 bits per heavy atom. The molecule has 108 valence electrons. The third-order valence-electron chi connectivity index (χ3n) is 2.49. The van der Waals surface area contributed by atoms with Gasteiger partial charge in [-0.1, -0.05) is 5.16 Å². The van der Waals surface area contributed by atoms with Crippen LogP contribution in [0.4, 0.5) is 10.1 Å². The minimum Gasteiger partial charge on any atom is -0.438 e. The van der Waals surface area contributed by atoms with Gasteiger partial charge in [-0.15, -0.1) is 0 Å². The molecular formula is C12H9FN4O4. The molecule has 0 aliphatic rings. The van der Waals surface area contributed by atoms with Crippen molar-refractivity contribution < 1.29 is 19.3 Å². The van der Waals surface area contributed by atoms with Crippen LogP contribution < -0.4 is 10.5 Å². The number of nitro benzene ring substituents is 1. The third kappa shape index (κ3) is 3.03. The Balaban J connectivity index is 2.35. The van der Waals surface area contributed by atoms with Crippen LogP contribution in [0, 0.1) is 15.9 Å². The lowest BCUT2D eigenvalue weighted by molar-refractivity contribution is -0.387. The van der Waals surface area contributed by atoms with Gasteiger partial charge in [0.05, 0.1) is 10.5 Å². The number of ether oxygens (including phenoxy) is 1. The van der Waals surface area contributed by atoms with Gasteiger partial charge in [0.25, 0.3) is 0 Å². The summed E-state index contributed by atoms with van der Waals surface area (Å²) in [6, 6.07) is 6.06. The summed E-state index contributed by atoms with van der Waals surface area (Å²) < 4.78 is 18.8. The summed E-state index contributed by atoms with van der Waals surface area (Å²) in [5.74, 6) is -1.32. The number of benzene rings is 1. The van der Waals surface area contributed by atoms with Gasteiger partial charge in [0.1, 0.15) is 5.75 Å². The highest BCUT2D eigenvalue weighted by Gasteiger charge is 2.16. The standard InChI is InChI=1S/C12H9FN4O4/c13-9-6-7(3-4-10(9)17(19)20)21-12-8(11(14)16-18)2-1-5-15-12/h1-6,18H,(H2,14,16). The zero-order chi connectivity index (χ0) is 15.4. The number of halogens is 1. The van der Waals surface area contributed by atoms with Gasteiger partial charge in [0.2, 0.25) is 11.7 Å². The van der Waals surface area contributed by atoms with E-state index in [1.165, 1.54) is 24.4 Å². The van der Waals surface area contributed by atoms with Crippen LogP contribution in [0.2, 0.25) is 0 Å². The Kier molecular flexibility index (Phi) is 3.93. The van der Waals surface area contributed by atoms with Crippen molar-refractivity contribution in [3.63, 3.8) is 0 Å². The van der Waals surface area contributed by atoms with Crippen molar-refractivity contribution in [1.82, 2.24) is 4.98 Å². The van der Waals surface area contributed by atoms with E-state index in [2.05, 4.69) is 10.1 Å². The van der Waals surface area contributed by atoms with Crippen molar-refractivity contribution in [3.8, 4) is 11.6 Å². The fourth-order valence-corrected chi connectivity index (χ4v) is 1.53. The van der Waals surface area contributed by atoms with E-state index in [-0.39, 0.29) is 23.0 Å². The molecule has 0 bridgehead atoms. The zero-order valence-electron chi connectivity index (χ0n) is 10.4. The van der Waals surface area contributed by atoms with E-state index in [0.717, 1.165) is 12.1 Å². The molecule has 0 aliphatic heterocycles. The summed E-state index contributed by atoms with van der Waals surface area (Å²) >= 11 is 0. The predicted molar refractivity (Wildman–Crippen MR) is 69.9 cm³/mol. The molecule has 1 aromatic carbocycles. The van der Waals surface area contributed by atoms with E-state index in [9.17, 15) is 14.5 Å². The molecule has 0 saturated heterocycles. The Morgan fingerprint density at radius 1 is 1.48 bits per heavy atom. The van der Waals surface area contributed by atoms with Gasteiger partial charge < -0.3 is 15.7 Å². The van der Waals surface area contributed by atoms with Gasteiger partial charge >= 0.3 is 5.69 Å².